The smallest absolute Gasteiger partial charge is 0.145 e. The van der Waals surface area contributed by atoms with Crippen LogP contribution in [0.2, 0.25) is 0 Å². The lowest BCUT2D eigenvalue weighted by Crippen LogP contribution is -2.53. The maximum Gasteiger partial charge on any atom is 0.145 e. The first-order valence-corrected chi connectivity index (χ1v) is 14.0. The van der Waals surface area contributed by atoms with Crippen LogP contribution in [0.5, 0.6) is 11.5 Å². The van der Waals surface area contributed by atoms with E-state index < -0.39 is 0 Å². The number of rotatable bonds is 6. The SMILES string of the molecule is Cc1ccc(Oc2ccc(Nc3ncnc4sc5c(c34)[C@H](C)CN(C(C)N(C)C(C)(C)C)C5)cc2C)cn1. The number of aromatic nitrogens is 3. The molecule has 200 valence electrons. The van der Waals surface area contributed by atoms with E-state index in [9.17, 15) is 0 Å². The maximum absolute atomic E-state index is 6.06. The Morgan fingerprint density at radius 2 is 1.92 bits per heavy atom. The Morgan fingerprint density at radius 1 is 1.13 bits per heavy atom. The lowest BCUT2D eigenvalue weighted by molar-refractivity contribution is 0.00462. The van der Waals surface area contributed by atoms with Crippen LogP contribution in [0.15, 0.2) is 42.9 Å². The van der Waals surface area contributed by atoms with Crippen LogP contribution in [0.25, 0.3) is 10.2 Å². The fourth-order valence-electron chi connectivity index (χ4n) is 5.14. The van der Waals surface area contributed by atoms with E-state index in [0.29, 0.717) is 12.1 Å². The van der Waals surface area contributed by atoms with Crippen LogP contribution in [-0.4, -0.2) is 50.0 Å². The molecule has 1 aliphatic rings. The van der Waals surface area contributed by atoms with E-state index >= 15 is 0 Å². The number of ether oxygens (including phenoxy) is 1. The van der Waals surface area contributed by atoms with E-state index in [4.69, 9.17) is 4.74 Å². The molecule has 1 aromatic carbocycles. The molecule has 4 aromatic rings. The molecule has 7 nitrogen and oxygen atoms in total. The third-order valence-corrected chi connectivity index (χ3v) is 8.75. The summed E-state index contributed by atoms with van der Waals surface area (Å²) in [5, 5.41) is 4.73. The van der Waals surface area contributed by atoms with Gasteiger partial charge in [0.25, 0.3) is 0 Å². The van der Waals surface area contributed by atoms with Gasteiger partial charge in [-0.3, -0.25) is 14.8 Å². The van der Waals surface area contributed by atoms with Crippen LogP contribution >= 0.6 is 11.3 Å². The van der Waals surface area contributed by atoms with Gasteiger partial charge in [0.05, 0.1) is 17.7 Å². The van der Waals surface area contributed by atoms with Crippen LogP contribution in [0.4, 0.5) is 11.5 Å². The van der Waals surface area contributed by atoms with Gasteiger partial charge in [0.15, 0.2) is 0 Å². The van der Waals surface area contributed by atoms with E-state index in [1.54, 1.807) is 23.9 Å². The third kappa shape index (κ3) is 5.25. The van der Waals surface area contributed by atoms with Gasteiger partial charge in [-0.15, -0.1) is 11.3 Å². The van der Waals surface area contributed by atoms with E-state index in [1.807, 2.05) is 31.2 Å². The minimum absolute atomic E-state index is 0.113. The zero-order valence-electron chi connectivity index (χ0n) is 23.7. The van der Waals surface area contributed by atoms with Crippen LogP contribution in [0.3, 0.4) is 0 Å². The van der Waals surface area contributed by atoms with Crippen LogP contribution < -0.4 is 10.1 Å². The molecule has 0 fully saturated rings. The Morgan fingerprint density at radius 3 is 2.61 bits per heavy atom. The second kappa shape index (κ2) is 10.2. The molecule has 38 heavy (non-hydrogen) atoms. The maximum atomic E-state index is 6.06. The molecule has 0 saturated carbocycles. The minimum atomic E-state index is 0.113. The molecular weight excluding hydrogens is 492 g/mol. The largest absolute Gasteiger partial charge is 0.455 e. The monoisotopic (exact) mass is 530 g/mol. The molecule has 2 atom stereocenters. The number of thiophene rings is 1. The van der Waals surface area contributed by atoms with Crippen LogP contribution in [-0.2, 0) is 6.54 Å². The molecule has 0 aliphatic carbocycles. The highest BCUT2D eigenvalue weighted by molar-refractivity contribution is 7.19. The van der Waals surface area contributed by atoms with E-state index in [1.165, 1.54) is 10.4 Å². The highest BCUT2D eigenvalue weighted by Gasteiger charge is 2.34. The van der Waals surface area contributed by atoms with Crippen molar-refractivity contribution in [1.82, 2.24) is 24.8 Å². The molecule has 0 spiro atoms. The van der Waals surface area contributed by atoms with Gasteiger partial charge in [0.2, 0.25) is 0 Å². The molecule has 0 bridgehead atoms. The first-order chi connectivity index (χ1) is 18.0. The minimum Gasteiger partial charge on any atom is -0.455 e. The number of aryl methyl sites for hydroxylation is 2. The number of nitrogens with one attached hydrogen (secondary N) is 1. The summed E-state index contributed by atoms with van der Waals surface area (Å²) < 4.78 is 6.06. The second-order valence-corrected chi connectivity index (χ2v) is 12.5. The van der Waals surface area contributed by atoms with Gasteiger partial charge in [-0.25, -0.2) is 9.97 Å². The van der Waals surface area contributed by atoms with E-state index in [-0.39, 0.29) is 5.54 Å². The van der Waals surface area contributed by atoms with Gasteiger partial charge < -0.3 is 10.1 Å². The standard InChI is InChI=1S/C30H38N6OS/c1-18-13-22(10-12-24(18)37-23-11-9-20(3)31-14-23)34-28-27-26-19(2)15-36(21(4)35(8)30(5,6)7)16-25(26)38-29(27)33-17-32-28/h9-14,17,19,21H,15-16H2,1-8H3,(H,32,33,34)/t19-,21?/m1/s1. The number of anilines is 2. The van der Waals surface area contributed by atoms with E-state index in [0.717, 1.165) is 57.6 Å². The van der Waals surface area contributed by atoms with Crippen LogP contribution in [0, 0.1) is 13.8 Å². The van der Waals surface area contributed by atoms with Crippen molar-refractivity contribution in [3.63, 3.8) is 0 Å². The predicted molar refractivity (Wildman–Crippen MR) is 157 cm³/mol. The van der Waals surface area contributed by atoms with Crippen molar-refractivity contribution in [2.75, 3.05) is 18.9 Å². The summed E-state index contributed by atoms with van der Waals surface area (Å²) >= 11 is 1.80. The summed E-state index contributed by atoms with van der Waals surface area (Å²) in [7, 11) is 2.22. The quantitative estimate of drug-likeness (QED) is 0.282. The first-order valence-electron chi connectivity index (χ1n) is 13.2. The van der Waals surface area contributed by atoms with Crippen molar-refractivity contribution in [2.45, 2.75) is 72.6 Å². The summed E-state index contributed by atoms with van der Waals surface area (Å²) in [6.45, 7) is 17.4. The molecule has 3 aromatic heterocycles. The average molecular weight is 531 g/mol. The number of nitrogens with zero attached hydrogens (tertiary/aromatic N) is 5. The molecule has 4 heterocycles. The third-order valence-electron chi connectivity index (χ3n) is 7.65. The highest BCUT2D eigenvalue weighted by Crippen LogP contribution is 2.43. The zero-order chi connectivity index (χ0) is 27.2. The Hall–Kier alpha value is -3.07. The van der Waals surface area contributed by atoms with Crippen LogP contribution in [0.1, 0.15) is 62.2 Å². The number of fused-ring (bicyclic) bond motifs is 3. The molecular formula is C30H38N6OS. The molecule has 1 aliphatic heterocycles. The molecule has 1 N–H and O–H groups in total. The van der Waals surface area contributed by atoms with Gasteiger partial charge in [-0.05, 0) is 96.0 Å². The Kier molecular flexibility index (Phi) is 7.15. The molecule has 8 heteroatoms. The summed E-state index contributed by atoms with van der Waals surface area (Å²) in [6.07, 6.45) is 3.77. The number of hydrogen-bond acceptors (Lipinski definition) is 8. The predicted octanol–water partition coefficient (Wildman–Crippen LogP) is 7.23. The van der Waals surface area contributed by atoms with Crippen molar-refractivity contribution < 1.29 is 4.74 Å². The topological polar surface area (TPSA) is 66.4 Å². The molecule has 0 amide bonds. The molecule has 1 unspecified atom stereocenters. The van der Waals surface area contributed by atoms with Gasteiger partial charge >= 0.3 is 0 Å². The van der Waals surface area contributed by atoms with Crippen molar-refractivity contribution >= 4 is 33.1 Å². The molecule has 5 rings (SSSR count). The fourth-order valence-corrected chi connectivity index (χ4v) is 6.42. The normalized spacial score (nSPS) is 17.0. The Bertz CT molecular complexity index is 1440. The number of hydrogen-bond donors (Lipinski definition) is 1. The van der Waals surface area contributed by atoms with Crippen molar-refractivity contribution in [3.8, 4) is 11.5 Å². The lowest BCUT2D eigenvalue weighted by atomic mass is 9.93. The van der Waals surface area contributed by atoms with Crippen molar-refractivity contribution in [2.24, 2.45) is 0 Å². The van der Waals surface area contributed by atoms with Gasteiger partial charge in [-0.1, -0.05) is 6.92 Å². The van der Waals surface area contributed by atoms with Crippen molar-refractivity contribution in [3.05, 3.63) is 64.6 Å². The van der Waals surface area contributed by atoms with E-state index in [2.05, 4.69) is 84.7 Å². The average Bonchev–Trinajstić information content (AvgIpc) is 3.25. The highest BCUT2D eigenvalue weighted by atomic mass is 32.1. The summed E-state index contributed by atoms with van der Waals surface area (Å²) in [5.41, 5.74) is 4.48. The summed E-state index contributed by atoms with van der Waals surface area (Å²) in [4.78, 5) is 21.1. The number of benzene rings is 1. The summed E-state index contributed by atoms with van der Waals surface area (Å²) in [6, 6.07) is 10.0. The van der Waals surface area contributed by atoms with Gasteiger partial charge in [0.1, 0.15) is 28.5 Å². The van der Waals surface area contributed by atoms with Gasteiger partial charge in [0, 0.05) is 34.9 Å². The molecule has 0 radical (unpaired) electrons. The Balaban J connectivity index is 1.40. The second-order valence-electron chi connectivity index (χ2n) is 11.4. The molecule has 0 saturated heterocycles. The zero-order valence-corrected chi connectivity index (χ0v) is 24.5. The Labute approximate surface area is 229 Å². The van der Waals surface area contributed by atoms with Crippen molar-refractivity contribution in [1.29, 1.82) is 0 Å². The summed E-state index contributed by atoms with van der Waals surface area (Å²) in [5.74, 6) is 2.79. The first kappa shape index (κ1) is 26.5. The lowest BCUT2D eigenvalue weighted by Gasteiger charge is -2.45. The van der Waals surface area contributed by atoms with Gasteiger partial charge in [-0.2, -0.15) is 0 Å². The number of pyridine rings is 1. The fraction of sp³-hybridized carbons (Fsp3) is 0.433.